The molecule has 4 rings (SSSR count). The van der Waals surface area contributed by atoms with E-state index < -0.39 is 10.0 Å². The lowest BCUT2D eigenvalue weighted by Gasteiger charge is -2.28. The number of carbonyl (C=O) groups is 1. The molecule has 0 radical (unpaired) electrons. The van der Waals surface area contributed by atoms with E-state index in [4.69, 9.17) is 11.6 Å². The second kappa shape index (κ2) is 10.1. The summed E-state index contributed by atoms with van der Waals surface area (Å²) in [6.45, 7) is 1.61. The molecule has 0 unspecified atom stereocenters. The molecule has 0 heterocycles. The second-order valence-corrected chi connectivity index (χ2v) is 10.7. The van der Waals surface area contributed by atoms with E-state index in [1.807, 2.05) is 25.1 Å². The number of aryl methyl sites for hydroxylation is 2. The van der Waals surface area contributed by atoms with Crippen LogP contribution < -0.4 is 5.32 Å². The summed E-state index contributed by atoms with van der Waals surface area (Å²) in [5.74, 6) is -0.334. The molecule has 0 saturated carbocycles. The van der Waals surface area contributed by atoms with Gasteiger partial charge >= 0.3 is 0 Å². The topological polar surface area (TPSA) is 66.5 Å². The Morgan fingerprint density at radius 1 is 1.03 bits per heavy atom. The number of rotatable bonds is 7. The Hall–Kier alpha value is -2.67. The van der Waals surface area contributed by atoms with Crippen LogP contribution >= 0.6 is 11.6 Å². The highest BCUT2D eigenvalue weighted by molar-refractivity contribution is 7.89. The Bertz CT molecular complexity index is 1240. The van der Waals surface area contributed by atoms with Gasteiger partial charge in [0.2, 0.25) is 15.9 Å². The number of benzene rings is 3. The number of fused-ring (bicyclic) bond motifs is 1. The van der Waals surface area contributed by atoms with E-state index >= 15 is 0 Å². The van der Waals surface area contributed by atoms with Gasteiger partial charge in [-0.15, -0.1) is 0 Å². The molecule has 1 amide bonds. The number of nitrogens with one attached hydrogen (secondary N) is 1. The Labute approximate surface area is 200 Å². The quantitative estimate of drug-likeness (QED) is 0.513. The van der Waals surface area contributed by atoms with Gasteiger partial charge in [0.25, 0.3) is 0 Å². The van der Waals surface area contributed by atoms with Crippen LogP contribution in [0.5, 0.6) is 0 Å². The molecule has 5 nitrogen and oxygen atoms in total. The summed E-state index contributed by atoms with van der Waals surface area (Å²) in [5.41, 5.74) is 3.94. The van der Waals surface area contributed by atoms with Gasteiger partial charge in [0.1, 0.15) is 0 Å². The van der Waals surface area contributed by atoms with Crippen LogP contribution in [0.15, 0.2) is 77.7 Å². The summed E-state index contributed by atoms with van der Waals surface area (Å²) in [5, 5.41) is 3.52. The van der Waals surface area contributed by atoms with Crippen LogP contribution in [0, 0.1) is 6.92 Å². The van der Waals surface area contributed by atoms with Crippen molar-refractivity contribution in [2.24, 2.45) is 0 Å². The number of amides is 1. The number of sulfonamides is 1. The molecule has 1 aliphatic rings. The van der Waals surface area contributed by atoms with Gasteiger partial charge in [0.05, 0.1) is 17.5 Å². The predicted molar refractivity (Wildman–Crippen MR) is 130 cm³/mol. The summed E-state index contributed by atoms with van der Waals surface area (Å²) in [7, 11) is -3.92. The summed E-state index contributed by atoms with van der Waals surface area (Å²) in [4.78, 5) is 13.2. The molecule has 0 saturated heterocycles. The van der Waals surface area contributed by atoms with Crippen LogP contribution in [0.4, 0.5) is 0 Å². The molecule has 3 aromatic rings. The summed E-state index contributed by atoms with van der Waals surface area (Å²) < 4.78 is 28.2. The molecule has 0 fully saturated rings. The van der Waals surface area contributed by atoms with Gasteiger partial charge in [-0.25, -0.2) is 8.42 Å². The maximum atomic E-state index is 13.5. The van der Waals surface area contributed by atoms with Crippen LogP contribution in [0.1, 0.15) is 41.1 Å². The third kappa shape index (κ3) is 5.46. The number of halogens is 1. The molecule has 0 aromatic heterocycles. The minimum absolute atomic E-state index is 0.00452. The minimum atomic E-state index is -3.92. The largest absolute Gasteiger partial charge is 0.348 e. The molecule has 172 valence electrons. The van der Waals surface area contributed by atoms with Gasteiger partial charge < -0.3 is 5.32 Å². The van der Waals surface area contributed by atoms with E-state index in [0.717, 1.165) is 30.4 Å². The normalized spacial score (nSPS) is 15.8. The van der Waals surface area contributed by atoms with Crippen molar-refractivity contribution in [1.82, 2.24) is 9.62 Å². The van der Waals surface area contributed by atoms with E-state index in [-0.39, 0.29) is 29.9 Å². The monoisotopic (exact) mass is 482 g/mol. The van der Waals surface area contributed by atoms with Crippen molar-refractivity contribution < 1.29 is 13.2 Å². The van der Waals surface area contributed by atoms with Crippen molar-refractivity contribution in [2.75, 3.05) is 6.54 Å². The molecular weight excluding hydrogens is 456 g/mol. The lowest BCUT2D eigenvalue weighted by atomic mass is 9.88. The SMILES string of the molecule is Cc1ccc(S(=O)(=O)N(CC(=O)N[C@H]2CCCc3ccccc32)Cc2ccccc2Cl)cc1. The highest BCUT2D eigenvalue weighted by atomic mass is 35.5. The van der Waals surface area contributed by atoms with Crippen molar-refractivity contribution >= 4 is 27.5 Å². The lowest BCUT2D eigenvalue weighted by Crippen LogP contribution is -2.42. The molecule has 0 bridgehead atoms. The van der Waals surface area contributed by atoms with Crippen LogP contribution in [0.25, 0.3) is 0 Å². The number of nitrogens with zero attached hydrogens (tertiary/aromatic N) is 1. The Balaban J connectivity index is 1.59. The predicted octanol–water partition coefficient (Wildman–Crippen LogP) is 5.03. The molecule has 7 heteroatoms. The third-order valence-corrected chi connectivity index (χ3v) is 8.16. The van der Waals surface area contributed by atoms with Gasteiger partial charge in [-0.1, -0.05) is 71.8 Å². The second-order valence-electron chi connectivity index (χ2n) is 8.39. The van der Waals surface area contributed by atoms with Crippen LogP contribution in [0.3, 0.4) is 0 Å². The summed E-state index contributed by atoms with van der Waals surface area (Å²) >= 11 is 6.31. The molecule has 33 heavy (non-hydrogen) atoms. The van der Waals surface area contributed by atoms with Crippen LogP contribution in [-0.2, 0) is 27.8 Å². The average Bonchev–Trinajstić information content (AvgIpc) is 2.80. The molecule has 1 atom stereocenters. The highest BCUT2D eigenvalue weighted by Gasteiger charge is 2.29. The van der Waals surface area contributed by atoms with Crippen molar-refractivity contribution in [3.63, 3.8) is 0 Å². The van der Waals surface area contributed by atoms with Crippen molar-refractivity contribution in [3.05, 3.63) is 100 Å². The van der Waals surface area contributed by atoms with Crippen LogP contribution in [0.2, 0.25) is 5.02 Å². The van der Waals surface area contributed by atoms with Gasteiger partial charge in [0, 0.05) is 11.6 Å². The first-order chi connectivity index (χ1) is 15.8. The maximum absolute atomic E-state index is 13.5. The van der Waals surface area contributed by atoms with Gasteiger partial charge in [-0.2, -0.15) is 4.31 Å². The number of carbonyl (C=O) groups excluding carboxylic acids is 1. The fourth-order valence-electron chi connectivity index (χ4n) is 4.21. The molecule has 0 aliphatic heterocycles. The summed E-state index contributed by atoms with van der Waals surface area (Å²) in [6, 6.07) is 21.7. The first kappa shape index (κ1) is 23.5. The van der Waals surface area contributed by atoms with Crippen LogP contribution in [-0.4, -0.2) is 25.2 Å². The van der Waals surface area contributed by atoms with Gasteiger partial charge in [-0.05, 0) is 61.1 Å². The summed E-state index contributed by atoms with van der Waals surface area (Å²) in [6.07, 6.45) is 2.80. The first-order valence-electron chi connectivity index (χ1n) is 11.0. The molecular formula is C26H27ClN2O3S. The van der Waals surface area contributed by atoms with E-state index in [9.17, 15) is 13.2 Å². The smallest absolute Gasteiger partial charge is 0.243 e. The average molecular weight is 483 g/mol. The maximum Gasteiger partial charge on any atom is 0.243 e. The van der Waals surface area contributed by atoms with E-state index in [0.29, 0.717) is 10.6 Å². The molecule has 0 spiro atoms. The molecule has 1 N–H and O–H groups in total. The zero-order valence-electron chi connectivity index (χ0n) is 18.5. The van der Waals surface area contributed by atoms with E-state index in [1.54, 1.807) is 48.5 Å². The number of hydrogen-bond donors (Lipinski definition) is 1. The zero-order chi connectivity index (χ0) is 23.4. The molecule has 1 aliphatic carbocycles. The minimum Gasteiger partial charge on any atom is -0.348 e. The Morgan fingerprint density at radius 2 is 1.73 bits per heavy atom. The van der Waals surface area contributed by atoms with Crippen molar-refractivity contribution in [2.45, 2.75) is 43.7 Å². The van der Waals surface area contributed by atoms with Gasteiger partial charge in [-0.3, -0.25) is 4.79 Å². The fourth-order valence-corrected chi connectivity index (χ4v) is 5.78. The van der Waals surface area contributed by atoms with Gasteiger partial charge in [0.15, 0.2) is 0 Å². The lowest BCUT2D eigenvalue weighted by molar-refractivity contribution is -0.122. The molecule has 3 aromatic carbocycles. The number of hydrogen-bond acceptors (Lipinski definition) is 3. The fraction of sp³-hybridized carbons (Fsp3) is 0.269. The Morgan fingerprint density at radius 3 is 2.48 bits per heavy atom. The Kier molecular flexibility index (Phi) is 7.17. The third-order valence-electron chi connectivity index (χ3n) is 5.99. The van der Waals surface area contributed by atoms with E-state index in [2.05, 4.69) is 11.4 Å². The van der Waals surface area contributed by atoms with Crippen molar-refractivity contribution in [1.29, 1.82) is 0 Å². The van der Waals surface area contributed by atoms with Crippen molar-refractivity contribution in [3.8, 4) is 0 Å². The zero-order valence-corrected chi connectivity index (χ0v) is 20.1. The van der Waals surface area contributed by atoms with E-state index in [1.165, 1.54) is 9.87 Å². The first-order valence-corrected chi connectivity index (χ1v) is 12.8. The highest BCUT2D eigenvalue weighted by Crippen LogP contribution is 2.29. The standard InChI is InChI=1S/C26H27ClN2O3S/c1-19-13-15-22(16-14-19)33(31,32)29(17-21-8-3-5-11-24(21)27)18-26(30)28-25-12-6-9-20-7-2-4-10-23(20)25/h2-5,7-8,10-11,13-16,25H,6,9,12,17-18H2,1H3,(H,28,30)/t25-/m0/s1.